The molecule has 7 nitrogen and oxygen atoms in total. The van der Waals surface area contributed by atoms with Crippen LogP contribution in [0.15, 0.2) is 15.8 Å². The molecule has 18 heavy (non-hydrogen) atoms. The quantitative estimate of drug-likeness (QED) is 0.605. The lowest BCUT2D eigenvalue weighted by atomic mass is 10.3. The van der Waals surface area contributed by atoms with Gasteiger partial charge in [0, 0.05) is 6.20 Å². The Bertz CT molecular complexity index is 587. The molecule has 3 N–H and O–H groups in total. The minimum absolute atomic E-state index is 0.146. The highest BCUT2D eigenvalue weighted by molar-refractivity contribution is 5.29. The fraction of sp³-hybridized carbons (Fsp3) is 0.455. The number of hydrogen-bond donors (Lipinski definition) is 2. The fourth-order valence-corrected chi connectivity index (χ4v) is 1.55. The van der Waals surface area contributed by atoms with E-state index in [9.17, 15) is 9.59 Å². The summed E-state index contributed by atoms with van der Waals surface area (Å²) in [4.78, 5) is 25.2. The van der Waals surface area contributed by atoms with Gasteiger partial charge in [-0.1, -0.05) is 11.8 Å². The van der Waals surface area contributed by atoms with Crippen molar-refractivity contribution in [2.24, 2.45) is 5.73 Å². The van der Waals surface area contributed by atoms with Gasteiger partial charge in [0.25, 0.3) is 5.56 Å². The third-order valence-corrected chi connectivity index (χ3v) is 2.37. The molecule has 0 amide bonds. The summed E-state index contributed by atoms with van der Waals surface area (Å²) in [5, 5.41) is 0. The van der Waals surface area contributed by atoms with Crippen LogP contribution in [0.3, 0.4) is 0 Å². The van der Waals surface area contributed by atoms with Crippen LogP contribution in [-0.4, -0.2) is 35.6 Å². The number of nitrogens with two attached hydrogens (primary N) is 1. The van der Waals surface area contributed by atoms with Crippen molar-refractivity contribution in [2.45, 2.75) is 12.8 Å². The predicted octanol–water partition coefficient (Wildman–Crippen LogP) is -1.78. The van der Waals surface area contributed by atoms with Gasteiger partial charge in [0.1, 0.15) is 5.56 Å². The third-order valence-electron chi connectivity index (χ3n) is 2.37. The summed E-state index contributed by atoms with van der Waals surface area (Å²) in [5.41, 5.74) is 4.39. The van der Waals surface area contributed by atoms with Crippen molar-refractivity contribution in [2.75, 3.05) is 19.8 Å². The third kappa shape index (κ3) is 2.87. The first-order valence-corrected chi connectivity index (χ1v) is 5.46. The number of nitrogens with zero attached hydrogens (tertiary/aromatic N) is 1. The van der Waals surface area contributed by atoms with E-state index in [1.54, 1.807) is 0 Å². The van der Waals surface area contributed by atoms with Crippen LogP contribution < -0.4 is 17.0 Å². The molecule has 1 aliphatic heterocycles. The van der Waals surface area contributed by atoms with Crippen molar-refractivity contribution in [3.8, 4) is 11.8 Å². The van der Waals surface area contributed by atoms with Crippen LogP contribution in [0.5, 0.6) is 0 Å². The van der Waals surface area contributed by atoms with Gasteiger partial charge in [-0.3, -0.25) is 14.3 Å². The van der Waals surface area contributed by atoms with E-state index in [2.05, 4.69) is 16.8 Å². The van der Waals surface area contributed by atoms with Crippen LogP contribution in [-0.2, 0) is 16.0 Å². The van der Waals surface area contributed by atoms with Gasteiger partial charge in [-0.25, -0.2) is 4.79 Å². The number of ether oxygens (including phenoxy) is 2. The lowest BCUT2D eigenvalue weighted by Gasteiger charge is -2.10. The molecule has 2 rings (SSSR count). The number of H-pyrrole nitrogens is 1. The molecule has 0 bridgehead atoms. The average molecular weight is 251 g/mol. The van der Waals surface area contributed by atoms with E-state index in [0.717, 1.165) is 0 Å². The molecule has 0 atom stereocenters. The maximum Gasteiger partial charge on any atom is 0.328 e. The number of hydrogen-bond acceptors (Lipinski definition) is 5. The van der Waals surface area contributed by atoms with E-state index in [4.69, 9.17) is 15.2 Å². The molecule has 2 heterocycles. The van der Waals surface area contributed by atoms with Crippen LogP contribution >= 0.6 is 0 Å². The van der Waals surface area contributed by atoms with Crippen LogP contribution in [0.1, 0.15) is 5.56 Å². The predicted molar refractivity (Wildman–Crippen MR) is 62.9 cm³/mol. The van der Waals surface area contributed by atoms with Gasteiger partial charge in [0.15, 0.2) is 6.29 Å². The fourth-order valence-electron chi connectivity index (χ4n) is 1.55. The second-order valence-corrected chi connectivity index (χ2v) is 3.63. The molecule has 0 saturated carbocycles. The molecule has 96 valence electrons. The molecule has 1 aliphatic rings. The molecule has 0 unspecified atom stereocenters. The highest BCUT2D eigenvalue weighted by atomic mass is 16.7. The Morgan fingerprint density at radius 2 is 2.17 bits per heavy atom. The largest absolute Gasteiger partial charge is 0.348 e. The molecular weight excluding hydrogens is 238 g/mol. The summed E-state index contributed by atoms with van der Waals surface area (Å²) in [6.45, 7) is 1.37. The standard InChI is InChI=1S/C11H13N3O4/c12-3-1-2-8-6-14(11(16)13-10(8)15)7-9-17-4-5-18-9/h6,9H,3-5,7,12H2,(H,13,15,16). The average Bonchev–Trinajstić information content (AvgIpc) is 2.84. The molecule has 1 aromatic rings. The van der Waals surface area contributed by atoms with E-state index >= 15 is 0 Å². The first-order chi connectivity index (χ1) is 8.70. The van der Waals surface area contributed by atoms with Gasteiger partial charge < -0.3 is 15.2 Å². The molecule has 1 fully saturated rings. The van der Waals surface area contributed by atoms with Crippen LogP contribution in [0.4, 0.5) is 0 Å². The van der Waals surface area contributed by atoms with Crippen LogP contribution in [0.25, 0.3) is 0 Å². The van der Waals surface area contributed by atoms with Gasteiger partial charge in [-0.15, -0.1) is 0 Å². The molecule has 0 radical (unpaired) electrons. The summed E-state index contributed by atoms with van der Waals surface area (Å²) >= 11 is 0. The highest BCUT2D eigenvalue weighted by Crippen LogP contribution is 2.04. The Balaban J connectivity index is 2.29. The lowest BCUT2D eigenvalue weighted by Crippen LogP contribution is -2.34. The minimum atomic E-state index is -0.523. The first-order valence-electron chi connectivity index (χ1n) is 5.46. The normalized spacial score (nSPS) is 15.4. The Kier molecular flexibility index (Phi) is 3.94. The number of aromatic amines is 1. The van der Waals surface area contributed by atoms with Crippen molar-refractivity contribution < 1.29 is 9.47 Å². The topological polar surface area (TPSA) is 99.3 Å². The lowest BCUT2D eigenvalue weighted by molar-refractivity contribution is -0.0533. The SMILES string of the molecule is NCC#Cc1cn(CC2OCCO2)c(=O)[nH]c1=O. The molecule has 0 aromatic carbocycles. The van der Waals surface area contributed by atoms with E-state index in [0.29, 0.717) is 13.2 Å². The number of nitrogens with one attached hydrogen (secondary N) is 1. The zero-order valence-electron chi connectivity index (χ0n) is 9.64. The smallest absolute Gasteiger partial charge is 0.328 e. The summed E-state index contributed by atoms with van der Waals surface area (Å²) < 4.78 is 11.8. The summed E-state index contributed by atoms with van der Waals surface area (Å²) in [6.07, 6.45) is 0.915. The second-order valence-electron chi connectivity index (χ2n) is 3.63. The molecular formula is C11H13N3O4. The molecule has 1 aromatic heterocycles. The highest BCUT2D eigenvalue weighted by Gasteiger charge is 2.17. The van der Waals surface area contributed by atoms with Crippen LogP contribution in [0.2, 0.25) is 0 Å². The van der Waals surface area contributed by atoms with Crippen molar-refractivity contribution in [3.05, 3.63) is 32.6 Å². The zero-order valence-corrected chi connectivity index (χ0v) is 9.64. The van der Waals surface area contributed by atoms with E-state index in [1.807, 2.05) is 0 Å². The summed E-state index contributed by atoms with van der Waals surface area (Å²) in [5.74, 6) is 5.17. The van der Waals surface area contributed by atoms with Gasteiger partial charge in [0.05, 0.1) is 26.3 Å². The second kappa shape index (κ2) is 5.64. The Hall–Kier alpha value is -1.88. The van der Waals surface area contributed by atoms with Gasteiger partial charge in [0.2, 0.25) is 0 Å². The Morgan fingerprint density at radius 1 is 1.44 bits per heavy atom. The molecule has 1 saturated heterocycles. The van der Waals surface area contributed by atoms with Gasteiger partial charge in [-0.2, -0.15) is 0 Å². The monoisotopic (exact) mass is 251 g/mol. The summed E-state index contributed by atoms with van der Waals surface area (Å²) in [7, 11) is 0. The maximum absolute atomic E-state index is 11.6. The van der Waals surface area contributed by atoms with Crippen molar-refractivity contribution in [1.29, 1.82) is 0 Å². The number of aromatic nitrogens is 2. The van der Waals surface area contributed by atoms with E-state index < -0.39 is 17.5 Å². The van der Waals surface area contributed by atoms with Crippen molar-refractivity contribution >= 4 is 0 Å². The number of rotatable bonds is 2. The van der Waals surface area contributed by atoms with Crippen LogP contribution in [0, 0.1) is 11.8 Å². The maximum atomic E-state index is 11.6. The zero-order chi connectivity index (χ0) is 13.0. The van der Waals surface area contributed by atoms with E-state index in [1.165, 1.54) is 10.8 Å². The summed E-state index contributed by atoms with van der Waals surface area (Å²) in [6, 6.07) is 0. The van der Waals surface area contributed by atoms with Crippen molar-refractivity contribution in [1.82, 2.24) is 9.55 Å². The minimum Gasteiger partial charge on any atom is -0.348 e. The Labute approximate surface area is 103 Å². The van der Waals surface area contributed by atoms with Crippen molar-refractivity contribution in [3.63, 3.8) is 0 Å². The van der Waals surface area contributed by atoms with Gasteiger partial charge in [-0.05, 0) is 0 Å². The first kappa shape index (κ1) is 12.6. The molecule has 7 heteroatoms. The van der Waals surface area contributed by atoms with E-state index in [-0.39, 0.29) is 18.7 Å². The van der Waals surface area contributed by atoms with Gasteiger partial charge >= 0.3 is 5.69 Å². The molecule has 0 spiro atoms. The molecule has 0 aliphatic carbocycles. The Morgan fingerprint density at radius 3 is 2.83 bits per heavy atom.